The highest BCUT2D eigenvalue weighted by Gasteiger charge is 2.52. The topological polar surface area (TPSA) is 81.2 Å². The Bertz CT molecular complexity index is 757. The summed E-state index contributed by atoms with van der Waals surface area (Å²) in [6, 6.07) is 7.35. The monoisotopic (exact) mass is 340 g/mol. The van der Waals surface area contributed by atoms with E-state index in [1.807, 2.05) is 29.0 Å². The molecule has 132 valence electrons. The van der Waals surface area contributed by atoms with Crippen LogP contribution in [0.15, 0.2) is 43.0 Å². The van der Waals surface area contributed by atoms with E-state index < -0.39 is 11.4 Å². The van der Waals surface area contributed by atoms with Gasteiger partial charge in [-0.1, -0.05) is 38.0 Å². The van der Waals surface area contributed by atoms with Crippen LogP contribution in [0.4, 0.5) is 0 Å². The summed E-state index contributed by atoms with van der Waals surface area (Å²) >= 11 is 0. The normalized spacial score (nSPS) is 19.2. The van der Waals surface area contributed by atoms with Crippen molar-refractivity contribution in [2.45, 2.75) is 44.7 Å². The first-order chi connectivity index (χ1) is 12.1. The maximum Gasteiger partial charge on any atom is 0.255 e. The van der Waals surface area contributed by atoms with Crippen LogP contribution >= 0.6 is 0 Å². The molecule has 1 atom stereocenters. The third kappa shape index (κ3) is 2.92. The summed E-state index contributed by atoms with van der Waals surface area (Å²) in [5, 5.41) is 0. The maximum atomic E-state index is 13.0. The molecule has 6 heteroatoms. The molecule has 1 aliphatic rings. The molecular formula is C19H24N4O2. The number of carbonyl (C=O) groups is 2. The highest BCUT2D eigenvalue weighted by Crippen LogP contribution is 2.42. The van der Waals surface area contributed by atoms with Crippen molar-refractivity contribution < 1.29 is 9.59 Å². The van der Waals surface area contributed by atoms with Gasteiger partial charge in [0.05, 0.1) is 6.33 Å². The van der Waals surface area contributed by atoms with Gasteiger partial charge in [-0.25, -0.2) is 4.98 Å². The van der Waals surface area contributed by atoms with Crippen molar-refractivity contribution in [3.63, 3.8) is 0 Å². The number of amides is 2. The molecule has 3 rings (SSSR count). The van der Waals surface area contributed by atoms with Crippen molar-refractivity contribution in [2.75, 3.05) is 6.54 Å². The second-order valence-electron chi connectivity index (χ2n) is 6.48. The minimum absolute atomic E-state index is 0.101. The molecular weight excluding hydrogens is 316 g/mol. The molecule has 0 saturated heterocycles. The molecule has 1 unspecified atom stereocenters. The largest absolute Gasteiger partial charge is 0.367 e. The highest BCUT2D eigenvalue weighted by molar-refractivity contribution is 6.06. The fourth-order valence-electron chi connectivity index (χ4n) is 3.71. The fraction of sp³-hybridized carbons (Fsp3) is 0.421. The molecule has 0 aliphatic carbocycles. The summed E-state index contributed by atoms with van der Waals surface area (Å²) in [5.74, 6) is -0.544. The fourth-order valence-corrected chi connectivity index (χ4v) is 3.71. The van der Waals surface area contributed by atoms with Gasteiger partial charge < -0.3 is 15.2 Å². The van der Waals surface area contributed by atoms with Gasteiger partial charge in [0, 0.05) is 31.0 Å². The summed E-state index contributed by atoms with van der Waals surface area (Å²) in [6.07, 6.45) is 8.44. The van der Waals surface area contributed by atoms with Gasteiger partial charge in [0.1, 0.15) is 5.54 Å². The Labute approximate surface area is 147 Å². The van der Waals surface area contributed by atoms with E-state index >= 15 is 0 Å². The standard InChI is InChI=1S/C19H24N4O2/c1-2-3-9-19(18(20)25)16-8-5-4-7-15(16)17(24)23(19)12-6-11-22-13-10-21-14-22/h4-5,7-8,10,13-14H,2-3,6,9,11-12H2,1H3,(H2,20,25). The summed E-state index contributed by atoms with van der Waals surface area (Å²) in [4.78, 5) is 31.2. The quantitative estimate of drug-likeness (QED) is 0.800. The number of hydrogen-bond donors (Lipinski definition) is 1. The Morgan fingerprint density at radius 3 is 2.72 bits per heavy atom. The molecule has 0 saturated carbocycles. The first-order valence-electron chi connectivity index (χ1n) is 8.78. The smallest absolute Gasteiger partial charge is 0.255 e. The van der Waals surface area contributed by atoms with Crippen LogP contribution in [0.2, 0.25) is 0 Å². The summed E-state index contributed by atoms with van der Waals surface area (Å²) in [5.41, 5.74) is 6.18. The van der Waals surface area contributed by atoms with Gasteiger partial charge in [0.25, 0.3) is 5.91 Å². The van der Waals surface area contributed by atoms with Gasteiger partial charge >= 0.3 is 0 Å². The van der Waals surface area contributed by atoms with E-state index in [0.29, 0.717) is 18.5 Å². The molecule has 0 fully saturated rings. The van der Waals surface area contributed by atoms with Crippen molar-refractivity contribution in [3.05, 3.63) is 54.1 Å². The van der Waals surface area contributed by atoms with E-state index in [9.17, 15) is 9.59 Å². The molecule has 2 N–H and O–H groups in total. The van der Waals surface area contributed by atoms with Gasteiger partial charge in [-0.15, -0.1) is 0 Å². The van der Waals surface area contributed by atoms with Gasteiger partial charge in [-0.3, -0.25) is 9.59 Å². The Balaban J connectivity index is 1.90. The predicted molar refractivity (Wildman–Crippen MR) is 94.7 cm³/mol. The Morgan fingerprint density at radius 2 is 2.04 bits per heavy atom. The van der Waals surface area contributed by atoms with E-state index in [0.717, 1.165) is 31.4 Å². The van der Waals surface area contributed by atoms with Crippen molar-refractivity contribution in [3.8, 4) is 0 Å². The summed E-state index contributed by atoms with van der Waals surface area (Å²) in [6.45, 7) is 3.29. The minimum Gasteiger partial charge on any atom is -0.367 e. The number of hydrogen-bond acceptors (Lipinski definition) is 3. The molecule has 0 radical (unpaired) electrons. The number of carbonyl (C=O) groups excluding carboxylic acids is 2. The molecule has 1 aliphatic heterocycles. The predicted octanol–water partition coefficient (Wildman–Crippen LogP) is 2.30. The average molecular weight is 340 g/mol. The molecule has 6 nitrogen and oxygen atoms in total. The number of aryl methyl sites for hydroxylation is 1. The highest BCUT2D eigenvalue weighted by atomic mass is 16.2. The lowest BCUT2D eigenvalue weighted by Crippen LogP contribution is -2.53. The van der Waals surface area contributed by atoms with Crippen LogP contribution in [-0.2, 0) is 16.9 Å². The third-order valence-corrected chi connectivity index (χ3v) is 4.97. The number of unbranched alkanes of at least 4 members (excludes halogenated alkanes) is 1. The number of rotatable bonds is 8. The van der Waals surface area contributed by atoms with Crippen LogP contribution in [-0.4, -0.2) is 32.8 Å². The molecule has 0 spiro atoms. The lowest BCUT2D eigenvalue weighted by Gasteiger charge is -2.36. The summed E-state index contributed by atoms with van der Waals surface area (Å²) < 4.78 is 1.96. The zero-order valence-corrected chi connectivity index (χ0v) is 14.5. The number of imidazole rings is 1. The zero-order valence-electron chi connectivity index (χ0n) is 14.5. The number of nitrogens with zero attached hydrogens (tertiary/aromatic N) is 3. The van der Waals surface area contributed by atoms with Gasteiger partial charge in [-0.05, 0) is 24.5 Å². The van der Waals surface area contributed by atoms with Crippen molar-refractivity contribution in [2.24, 2.45) is 5.73 Å². The summed E-state index contributed by atoms with van der Waals surface area (Å²) in [7, 11) is 0. The number of primary amides is 1. The van der Waals surface area contributed by atoms with Crippen LogP contribution in [0.1, 0.15) is 48.5 Å². The minimum atomic E-state index is -1.03. The molecule has 1 aromatic heterocycles. The van der Waals surface area contributed by atoms with Crippen molar-refractivity contribution in [1.29, 1.82) is 0 Å². The lowest BCUT2D eigenvalue weighted by molar-refractivity contribution is -0.129. The Morgan fingerprint density at radius 1 is 1.24 bits per heavy atom. The average Bonchev–Trinajstić information content (AvgIpc) is 3.20. The van der Waals surface area contributed by atoms with Gasteiger partial charge in [0.2, 0.25) is 5.91 Å². The zero-order chi connectivity index (χ0) is 17.9. The van der Waals surface area contributed by atoms with E-state index in [2.05, 4.69) is 11.9 Å². The molecule has 2 aromatic rings. The molecule has 25 heavy (non-hydrogen) atoms. The first-order valence-corrected chi connectivity index (χ1v) is 8.78. The molecule has 0 bridgehead atoms. The van der Waals surface area contributed by atoms with Crippen LogP contribution < -0.4 is 5.73 Å². The lowest BCUT2D eigenvalue weighted by atomic mass is 9.84. The van der Waals surface area contributed by atoms with Crippen molar-refractivity contribution in [1.82, 2.24) is 14.5 Å². The van der Waals surface area contributed by atoms with Crippen LogP contribution in [0.5, 0.6) is 0 Å². The van der Waals surface area contributed by atoms with Crippen molar-refractivity contribution >= 4 is 11.8 Å². The molecule has 2 amide bonds. The number of aromatic nitrogens is 2. The number of benzene rings is 1. The van der Waals surface area contributed by atoms with Gasteiger partial charge in [0.15, 0.2) is 0 Å². The Kier molecular flexibility index (Phi) is 4.88. The SMILES string of the molecule is CCCCC1(C(N)=O)c2ccccc2C(=O)N1CCCn1ccnc1. The first kappa shape index (κ1) is 17.2. The molecule has 2 heterocycles. The second-order valence-corrected chi connectivity index (χ2v) is 6.48. The molecule has 1 aromatic carbocycles. The maximum absolute atomic E-state index is 13.0. The second kappa shape index (κ2) is 7.09. The number of fused-ring (bicyclic) bond motifs is 1. The number of nitrogens with two attached hydrogens (primary N) is 1. The Hall–Kier alpha value is -2.63. The van der Waals surface area contributed by atoms with Crippen LogP contribution in [0.3, 0.4) is 0 Å². The van der Waals surface area contributed by atoms with E-state index in [-0.39, 0.29) is 5.91 Å². The van der Waals surface area contributed by atoms with Crippen LogP contribution in [0, 0.1) is 0 Å². The van der Waals surface area contributed by atoms with E-state index in [1.54, 1.807) is 23.5 Å². The van der Waals surface area contributed by atoms with E-state index in [4.69, 9.17) is 5.73 Å². The van der Waals surface area contributed by atoms with Gasteiger partial charge in [-0.2, -0.15) is 0 Å². The third-order valence-electron chi connectivity index (χ3n) is 4.97. The van der Waals surface area contributed by atoms with E-state index in [1.165, 1.54) is 0 Å². The van der Waals surface area contributed by atoms with Crippen LogP contribution in [0.25, 0.3) is 0 Å².